The molecule has 31 heavy (non-hydrogen) atoms. The molecule has 8 heteroatoms. The zero-order valence-electron chi connectivity index (χ0n) is 17.2. The van der Waals surface area contributed by atoms with E-state index in [9.17, 15) is 9.18 Å². The van der Waals surface area contributed by atoms with Crippen molar-refractivity contribution in [3.8, 4) is 5.69 Å². The third-order valence-electron chi connectivity index (χ3n) is 5.01. The van der Waals surface area contributed by atoms with E-state index in [4.69, 9.17) is 0 Å². The number of nitrogens with zero attached hydrogens (tertiary/aromatic N) is 4. The summed E-state index contributed by atoms with van der Waals surface area (Å²) in [6.07, 6.45) is 3.12. The van der Waals surface area contributed by atoms with E-state index in [2.05, 4.69) is 39.4 Å². The second kappa shape index (κ2) is 9.26. The van der Waals surface area contributed by atoms with Crippen molar-refractivity contribution in [2.24, 2.45) is 0 Å². The summed E-state index contributed by atoms with van der Waals surface area (Å²) in [7, 11) is 0. The third-order valence-corrected chi connectivity index (χ3v) is 6.13. The van der Waals surface area contributed by atoms with Crippen molar-refractivity contribution in [2.75, 3.05) is 6.54 Å². The van der Waals surface area contributed by atoms with Crippen LogP contribution in [0.4, 0.5) is 4.39 Å². The molecule has 0 saturated carbocycles. The molecule has 2 atom stereocenters. The molecule has 2 aromatic heterocycles. The summed E-state index contributed by atoms with van der Waals surface area (Å²) < 4.78 is 14.9. The molecule has 1 amide bonds. The first-order valence-corrected chi connectivity index (χ1v) is 10.8. The van der Waals surface area contributed by atoms with Gasteiger partial charge in [0.1, 0.15) is 17.2 Å². The molecule has 0 spiro atoms. The summed E-state index contributed by atoms with van der Waals surface area (Å²) in [5, 5.41) is 8.49. The van der Waals surface area contributed by atoms with Gasteiger partial charge in [0.25, 0.3) is 0 Å². The fraction of sp³-hybridized carbons (Fsp3) is 0.217. The van der Waals surface area contributed by atoms with E-state index in [-0.39, 0.29) is 22.9 Å². The lowest BCUT2D eigenvalue weighted by Gasteiger charge is -2.16. The summed E-state index contributed by atoms with van der Waals surface area (Å²) in [6.45, 7) is 4.51. The number of benzene rings is 2. The smallest absolute Gasteiger partial charge is 0.233 e. The van der Waals surface area contributed by atoms with Crippen molar-refractivity contribution >= 4 is 28.7 Å². The molecule has 4 rings (SSSR count). The summed E-state index contributed by atoms with van der Waals surface area (Å²) in [5.74, 6) is -0.139. The molecule has 0 unspecified atom stereocenters. The van der Waals surface area contributed by atoms with E-state index in [1.807, 2.05) is 25.1 Å². The predicted molar refractivity (Wildman–Crippen MR) is 120 cm³/mol. The maximum atomic E-state index is 13.2. The lowest BCUT2D eigenvalue weighted by Crippen LogP contribution is -2.33. The monoisotopic (exact) mass is 435 g/mol. The highest BCUT2D eigenvalue weighted by atomic mass is 32.2. The van der Waals surface area contributed by atoms with E-state index >= 15 is 0 Å². The predicted octanol–water partition coefficient (Wildman–Crippen LogP) is 4.36. The Morgan fingerprint density at radius 3 is 2.58 bits per heavy atom. The molecule has 0 aliphatic heterocycles. The van der Waals surface area contributed by atoms with Crippen LogP contribution in [-0.2, 0) is 4.79 Å². The van der Waals surface area contributed by atoms with Crippen LogP contribution in [0.2, 0.25) is 0 Å². The van der Waals surface area contributed by atoms with E-state index in [0.29, 0.717) is 22.9 Å². The molecule has 4 aromatic rings. The van der Waals surface area contributed by atoms with Gasteiger partial charge in [-0.05, 0) is 42.7 Å². The average molecular weight is 436 g/mol. The van der Waals surface area contributed by atoms with Gasteiger partial charge in [-0.3, -0.25) is 4.79 Å². The number of rotatable bonds is 7. The summed E-state index contributed by atoms with van der Waals surface area (Å²) in [6, 6.07) is 16.1. The molecule has 2 heterocycles. The molecule has 6 nitrogen and oxygen atoms in total. The van der Waals surface area contributed by atoms with Gasteiger partial charge in [-0.1, -0.05) is 49.0 Å². The minimum atomic E-state index is -0.338. The van der Waals surface area contributed by atoms with E-state index in [1.165, 1.54) is 35.8 Å². The van der Waals surface area contributed by atoms with Crippen LogP contribution in [0.5, 0.6) is 0 Å². The van der Waals surface area contributed by atoms with E-state index < -0.39 is 0 Å². The number of thioether (sulfide) groups is 1. The summed E-state index contributed by atoms with van der Waals surface area (Å²) in [4.78, 5) is 21.3. The fourth-order valence-electron chi connectivity index (χ4n) is 3.21. The Bertz CT molecular complexity index is 1180. The topological polar surface area (TPSA) is 72.7 Å². The van der Waals surface area contributed by atoms with Crippen LogP contribution in [-0.4, -0.2) is 37.5 Å². The summed E-state index contributed by atoms with van der Waals surface area (Å²) in [5.41, 5.74) is 2.50. The molecular formula is C23H22FN5OS. The van der Waals surface area contributed by atoms with Crippen LogP contribution in [0.25, 0.3) is 16.7 Å². The van der Waals surface area contributed by atoms with Crippen molar-refractivity contribution in [2.45, 2.75) is 30.0 Å². The van der Waals surface area contributed by atoms with E-state index in [1.54, 1.807) is 23.0 Å². The Hall–Kier alpha value is -3.26. The van der Waals surface area contributed by atoms with Gasteiger partial charge in [0.05, 0.1) is 22.5 Å². The highest BCUT2D eigenvalue weighted by molar-refractivity contribution is 8.00. The maximum absolute atomic E-state index is 13.2. The van der Waals surface area contributed by atoms with Crippen LogP contribution in [0, 0.1) is 5.82 Å². The zero-order chi connectivity index (χ0) is 21.8. The Balaban J connectivity index is 1.45. The third kappa shape index (κ3) is 4.74. The molecule has 0 fully saturated rings. The van der Waals surface area contributed by atoms with Gasteiger partial charge >= 0.3 is 0 Å². The number of hydrogen-bond donors (Lipinski definition) is 1. The molecular weight excluding hydrogens is 413 g/mol. The molecule has 1 N–H and O–H groups in total. The molecule has 158 valence electrons. The number of fused-ring (bicyclic) bond motifs is 1. The first-order chi connectivity index (χ1) is 15.0. The first kappa shape index (κ1) is 21.0. The van der Waals surface area contributed by atoms with Gasteiger partial charge in [-0.25, -0.2) is 19.0 Å². The van der Waals surface area contributed by atoms with Gasteiger partial charge in [-0.2, -0.15) is 5.10 Å². The van der Waals surface area contributed by atoms with Gasteiger partial charge in [0, 0.05) is 6.54 Å². The van der Waals surface area contributed by atoms with Crippen LogP contribution < -0.4 is 5.32 Å². The minimum absolute atomic E-state index is 0.0505. The lowest BCUT2D eigenvalue weighted by molar-refractivity contribution is -0.120. The Labute approximate surface area is 183 Å². The Kier molecular flexibility index (Phi) is 6.27. The highest BCUT2D eigenvalue weighted by Crippen LogP contribution is 2.29. The SMILES string of the molecule is C[C@H](CNC(=O)[C@@H](C)Sc1ncnc2c1cnn2-c1ccc(F)cc1)c1ccccc1. The van der Waals surface area contributed by atoms with Crippen LogP contribution in [0.1, 0.15) is 25.3 Å². The number of carbonyl (C=O) groups excluding carboxylic acids is 1. The quantitative estimate of drug-likeness (QED) is 0.345. The number of amides is 1. The maximum Gasteiger partial charge on any atom is 0.233 e. The number of carbonyl (C=O) groups is 1. The van der Waals surface area contributed by atoms with Gasteiger partial charge < -0.3 is 5.32 Å². The molecule has 0 bridgehead atoms. The average Bonchev–Trinajstić information content (AvgIpc) is 3.23. The largest absolute Gasteiger partial charge is 0.355 e. The second-order valence-corrected chi connectivity index (χ2v) is 8.60. The van der Waals surface area contributed by atoms with Crippen molar-refractivity contribution in [1.29, 1.82) is 0 Å². The van der Waals surface area contributed by atoms with Crippen molar-refractivity contribution in [3.05, 3.63) is 78.5 Å². The standard InChI is InChI=1S/C23H22FN5OS/c1-15(17-6-4-3-5-7-17)12-25-22(30)16(2)31-23-20-13-28-29(21(20)26-14-27-23)19-10-8-18(24)9-11-19/h3-11,13-16H,12H2,1-2H3,(H,25,30)/t15-,16-/m1/s1. The van der Waals surface area contributed by atoms with Crippen molar-refractivity contribution in [3.63, 3.8) is 0 Å². The van der Waals surface area contributed by atoms with Gasteiger partial charge in [0.2, 0.25) is 5.91 Å². The van der Waals surface area contributed by atoms with Crippen molar-refractivity contribution < 1.29 is 9.18 Å². The number of hydrogen-bond acceptors (Lipinski definition) is 5. The zero-order valence-corrected chi connectivity index (χ0v) is 18.0. The Morgan fingerprint density at radius 1 is 1.10 bits per heavy atom. The van der Waals surface area contributed by atoms with Crippen LogP contribution in [0.15, 0.2) is 72.1 Å². The lowest BCUT2D eigenvalue weighted by atomic mass is 10.0. The van der Waals surface area contributed by atoms with Gasteiger partial charge in [-0.15, -0.1) is 0 Å². The number of nitrogens with one attached hydrogen (secondary N) is 1. The summed E-state index contributed by atoms with van der Waals surface area (Å²) >= 11 is 1.36. The minimum Gasteiger partial charge on any atom is -0.355 e. The Morgan fingerprint density at radius 2 is 1.84 bits per heavy atom. The van der Waals surface area contributed by atoms with Gasteiger partial charge in [0.15, 0.2) is 5.65 Å². The van der Waals surface area contributed by atoms with Crippen LogP contribution in [0.3, 0.4) is 0 Å². The second-order valence-electron chi connectivity index (χ2n) is 7.27. The van der Waals surface area contributed by atoms with Crippen LogP contribution >= 0.6 is 11.8 Å². The molecule has 0 aliphatic rings. The highest BCUT2D eigenvalue weighted by Gasteiger charge is 2.19. The van der Waals surface area contributed by atoms with Crippen molar-refractivity contribution in [1.82, 2.24) is 25.1 Å². The van der Waals surface area contributed by atoms with E-state index in [0.717, 1.165) is 5.39 Å². The number of aromatic nitrogens is 4. The molecule has 0 aliphatic carbocycles. The molecule has 0 saturated heterocycles. The molecule has 0 radical (unpaired) electrons. The molecule has 2 aromatic carbocycles. The number of halogens is 1. The first-order valence-electron chi connectivity index (χ1n) is 9.97. The normalized spacial score (nSPS) is 13.1. The fourth-order valence-corrected chi connectivity index (χ4v) is 4.11.